The van der Waals surface area contributed by atoms with Crippen molar-refractivity contribution in [2.24, 2.45) is 5.73 Å². The Kier molecular flexibility index (Phi) is 9.92. The molecule has 98 valence electrons. The van der Waals surface area contributed by atoms with E-state index in [4.69, 9.17) is 15.6 Å². The summed E-state index contributed by atoms with van der Waals surface area (Å²) in [6.45, 7) is 9.28. The number of rotatable bonds is 10. The summed E-state index contributed by atoms with van der Waals surface area (Å²) in [6, 6.07) is 0.515. The van der Waals surface area contributed by atoms with Gasteiger partial charge in [-0.25, -0.2) is 0 Å². The first-order valence-electron chi connectivity index (χ1n) is 6.39. The highest BCUT2D eigenvalue weighted by atomic mass is 16.5. The molecule has 1 atom stereocenters. The van der Waals surface area contributed by atoms with Gasteiger partial charge in [0.15, 0.2) is 0 Å². The molecule has 0 aliphatic rings. The Morgan fingerprint density at radius 2 is 1.88 bits per heavy atom. The van der Waals surface area contributed by atoms with E-state index in [1.54, 1.807) is 0 Å². The van der Waals surface area contributed by atoms with Crippen LogP contribution in [0.3, 0.4) is 0 Å². The fourth-order valence-electron chi connectivity index (χ4n) is 2.05. The highest BCUT2D eigenvalue weighted by Gasteiger charge is 2.18. The van der Waals surface area contributed by atoms with Crippen LogP contribution in [-0.2, 0) is 4.74 Å². The summed E-state index contributed by atoms with van der Waals surface area (Å²) in [5, 5.41) is 9.08. The molecule has 0 spiro atoms. The van der Waals surface area contributed by atoms with Crippen LogP contribution < -0.4 is 5.73 Å². The highest BCUT2D eigenvalue weighted by Crippen LogP contribution is 2.09. The zero-order chi connectivity index (χ0) is 12.4. The minimum atomic E-state index is 0.0807. The standard InChI is InChI=1S/C12H28N2O2/c1-4-11(5-2)14(7-8-15)10-12(9-13)16-6-3/h11-12,15H,4-10,13H2,1-3H3. The Balaban J connectivity index is 4.27. The quantitative estimate of drug-likeness (QED) is 0.586. The van der Waals surface area contributed by atoms with Gasteiger partial charge in [-0.05, 0) is 19.8 Å². The van der Waals surface area contributed by atoms with E-state index in [1.165, 1.54) is 0 Å². The number of ether oxygens (including phenoxy) is 1. The van der Waals surface area contributed by atoms with Crippen LogP contribution in [-0.4, -0.2) is 55.0 Å². The second-order valence-electron chi connectivity index (χ2n) is 4.00. The molecule has 4 nitrogen and oxygen atoms in total. The zero-order valence-corrected chi connectivity index (χ0v) is 11.0. The minimum absolute atomic E-state index is 0.0807. The van der Waals surface area contributed by atoms with Crippen LogP contribution >= 0.6 is 0 Å². The lowest BCUT2D eigenvalue weighted by molar-refractivity contribution is 0.0207. The predicted octanol–water partition coefficient (Wildman–Crippen LogP) is 0.833. The Labute approximate surface area is 99.8 Å². The molecule has 0 aromatic heterocycles. The third-order valence-corrected chi connectivity index (χ3v) is 2.95. The van der Waals surface area contributed by atoms with Gasteiger partial charge in [0.2, 0.25) is 0 Å². The third-order valence-electron chi connectivity index (χ3n) is 2.95. The molecule has 0 aromatic rings. The first kappa shape index (κ1) is 15.8. The molecule has 1 unspecified atom stereocenters. The van der Waals surface area contributed by atoms with Crippen molar-refractivity contribution in [2.75, 3.05) is 32.8 Å². The molecule has 0 aromatic carbocycles. The molecule has 0 fully saturated rings. The van der Waals surface area contributed by atoms with E-state index >= 15 is 0 Å². The molecule has 0 aliphatic heterocycles. The molecule has 0 saturated carbocycles. The van der Waals surface area contributed by atoms with Crippen molar-refractivity contribution < 1.29 is 9.84 Å². The van der Waals surface area contributed by atoms with E-state index < -0.39 is 0 Å². The second-order valence-corrected chi connectivity index (χ2v) is 4.00. The summed E-state index contributed by atoms with van der Waals surface area (Å²) >= 11 is 0. The fraction of sp³-hybridized carbons (Fsp3) is 1.00. The monoisotopic (exact) mass is 232 g/mol. The smallest absolute Gasteiger partial charge is 0.0823 e. The van der Waals surface area contributed by atoms with Gasteiger partial charge in [-0.1, -0.05) is 13.8 Å². The second kappa shape index (κ2) is 10.0. The fourth-order valence-corrected chi connectivity index (χ4v) is 2.05. The van der Waals surface area contributed by atoms with Crippen LogP contribution in [0.5, 0.6) is 0 Å². The maximum absolute atomic E-state index is 9.08. The van der Waals surface area contributed by atoms with Gasteiger partial charge in [0.25, 0.3) is 0 Å². The van der Waals surface area contributed by atoms with E-state index in [-0.39, 0.29) is 12.7 Å². The van der Waals surface area contributed by atoms with Gasteiger partial charge in [-0.3, -0.25) is 4.90 Å². The SMILES string of the molecule is CCOC(CN)CN(CCO)C(CC)CC. The zero-order valence-electron chi connectivity index (χ0n) is 11.0. The van der Waals surface area contributed by atoms with E-state index in [9.17, 15) is 0 Å². The lowest BCUT2D eigenvalue weighted by Crippen LogP contribution is -2.44. The van der Waals surface area contributed by atoms with E-state index in [0.29, 0.717) is 25.7 Å². The third kappa shape index (κ3) is 5.80. The number of hydrogen-bond acceptors (Lipinski definition) is 4. The maximum atomic E-state index is 9.08. The molecule has 0 heterocycles. The van der Waals surface area contributed by atoms with Gasteiger partial charge in [-0.15, -0.1) is 0 Å². The number of nitrogens with zero attached hydrogens (tertiary/aromatic N) is 1. The maximum Gasteiger partial charge on any atom is 0.0823 e. The van der Waals surface area contributed by atoms with E-state index in [1.807, 2.05) is 6.92 Å². The highest BCUT2D eigenvalue weighted by molar-refractivity contribution is 4.73. The van der Waals surface area contributed by atoms with Crippen molar-refractivity contribution in [1.29, 1.82) is 0 Å². The largest absolute Gasteiger partial charge is 0.395 e. The van der Waals surface area contributed by atoms with Crippen molar-refractivity contribution in [3.05, 3.63) is 0 Å². The Bertz CT molecular complexity index is 152. The average Bonchev–Trinajstić information content (AvgIpc) is 2.30. The van der Waals surface area contributed by atoms with Crippen LogP contribution in [0.4, 0.5) is 0 Å². The molecule has 0 amide bonds. The normalized spacial score (nSPS) is 13.7. The van der Waals surface area contributed by atoms with Crippen molar-refractivity contribution in [2.45, 2.75) is 45.8 Å². The molecule has 4 heteroatoms. The van der Waals surface area contributed by atoms with Crippen molar-refractivity contribution >= 4 is 0 Å². The molecule has 0 saturated heterocycles. The van der Waals surface area contributed by atoms with Crippen molar-refractivity contribution in [1.82, 2.24) is 4.90 Å². The van der Waals surface area contributed by atoms with Crippen LogP contribution in [0, 0.1) is 0 Å². The summed E-state index contributed by atoms with van der Waals surface area (Å²) in [7, 11) is 0. The first-order chi connectivity index (χ1) is 7.73. The summed E-state index contributed by atoms with van der Waals surface area (Å²) in [5.41, 5.74) is 5.67. The van der Waals surface area contributed by atoms with Crippen molar-refractivity contribution in [3.63, 3.8) is 0 Å². The molecule has 16 heavy (non-hydrogen) atoms. The minimum Gasteiger partial charge on any atom is -0.395 e. The Hall–Kier alpha value is -0.160. The number of aliphatic hydroxyl groups is 1. The summed E-state index contributed by atoms with van der Waals surface area (Å²) in [4.78, 5) is 2.28. The molecular formula is C12H28N2O2. The lowest BCUT2D eigenvalue weighted by Gasteiger charge is -2.32. The van der Waals surface area contributed by atoms with Gasteiger partial charge in [0.1, 0.15) is 0 Å². The average molecular weight is 232 g/mol. The molecule has 3 N–H and O–H groups in total. The molecule has 0 radical (unpaired) electrons. The van der Waals surface area contributed by atoms with Gasteiger partial charge >= 0.3 is 0 Å². The van der Waals surface area contributed by atoms with E-state index in [0.717, 1.165) is 19.4 Å². The molecule has 0 rings (SSSR count). The van der Waals surface area contributed by atoms with Gasteiger partial charge in [-0.2, -0.15) is 0 Å². The van der Waals surface area contributed by atoms with E-state index in [2.05, 4.69) is 18.7 Å². The number of aliphatic hydroxyl groups excluding tert-OH is 1. The van der Waals surface area contributed by atoms with Gasteiger partial charge < -0.3 is 15.6 Å². The topological polar surface area (TPSA) is 58.7 Å². The Morgan fingerprint density at radius 1 is 1.25 bits per heavy atom. The molecule has 0 bridgehead atoms. The Morgan fingerprint density at radius 3 is 2.25 bits per heavy atom. The first-order valence-corrected chi connectivity index (χ1v) is 6.39. The summed E-state index contributed by atoms with van der Waals surface area (Å²) in [6.07, 6.45) is 2.27. The van der Waals surface area contributed by atoms with Gasteiger partial charge in [0, 0.05) is 32.3 Å². The summed E-state index contributed by atoms with van der Waals surface area (Å²) in [5.74, 6) is 0. The molecule has 0 aliphatic carbocycles. The lowest BCUT2D eigenvalue weighted by atomic mass is 10.1. The number of hydrogen-bond donors (Lipinski definition) is 2. The molecular weight excluding hydrogens is 204 g/mol. The van der Waals surface area contributed by atoms with Crippen molar-refractivity contribution in [3.8, 4) is 0 Å². The van der Waals surface area contributed by atoms with Crippen LogP contribution in [0.1, 0.15) is 33.6 Å². The number of nitrogens with two attached hydrogens (primary N) is 1. The van der Waals surface area contributed by atoms with Gasteiger partial charge in [0.05, 0.1) is 12.7 Å². The predicted molar refractivity (Wildman–Crippen MR) is 67.5 cm³/mol. The van der Waals surface area contributed by atoms with Crippen LogP contribution in [0.15, 0.2) is 0 Å². The van der Waals surface area contributed by atoms with Crippen LogP contribution in [0.2, 0.25) is 0 Å². The summed E-state index contributed by atoms with van der Waals surface area (Å²) < 4.78 is 5.56. The van der Waals surface area contributed by atoms with Crippen LogP contribution in [0.25, 0.3) is 0 Å².